The summed E-state index contributed by atoms with van der Waals surface area (Å²) >= 11 is 4.95. The zero-order chi connectivity index (χ0) is 24.9. The van der Waals surface area contributed by atoms with Crippen LogP contribution in [0.25, 0.3) is 6.08 Å². The minimum Gasteiger partial charge on any atom is -0.493 e. The highest BCUT2D eigenvalue weighted by atomic mass is 79.9. The maximum atomic E-state index is 13.6. The van der Waals surface area contributed by atoms with Gasteiger partial charge >= 0.3 is 0 Å². The zero-order valence-corrected chi connectivity index (χ0v) is 22.6. The van der Waals surface area contributed by atoms with Crippen molar-refractivity contribution in [2.24, 2.45) is 4.99 Å². The molecule has 0 N–H and O–H groups in total. The van der Waals surface area contributed by atoms with Crippen LogP contribution in [0.3, 0.4) is 0 Å². The summed E-state index contributed by atoms with van der Waals surface area (Å²) in [6.45, 7) is 6.71. The number of thioether (sulfide) groups is 1. The van der Waals surface area contributed by atoms with Crippen LogP contribution in [-0.2, 0) is 4.79 Å². The molecule has 180 valence electrons. The van der Waals surface area contributed by atoms with Crippen molar-refractivity contribution in [3.05, 3.63) is 86.7 Å². The van der Waals surface area contributed by atoms with Crippen LogP contribution in [0.5, 0.6) is 11.5 Å². The van der Waals surface area contributed by atoms with E-state index in [-0.39, 0.29) is 5.91 Å². The van der Waals surface area contributed by atoms with Gasteiger partial charge < -0.3 is 9.47 Å². The normalized spacial score (nSPS) is 15.8. The van der Waals surface area contributed by atoms with Crippen LogP contribution in [0.1, 0.15) is 30.0 Å². The zero-order valence-electron chi connectivity index (χ0n) is 20.2. The monoisotopic (exact) mass is 550 g/mol. The molecule has 1 heterocycles. The molecule has 0 radical (unpaired) electrons. The standard InChI is InChI=1S/C28H27BrN2O3S/c1-5-14-34-26-23(29)15-20(16-24(26)33-4)17-25-27(32)31(22-12-8-19(3)9-13-22)28(35-25)30-21-10-6-18(2)7-11-21/h6-13,15-17H,5,14H2,1-4H3/b25-17-,30-28?. The van der Waals surface area contributed by atoms with Crippen molar-refractivity contribution in [2.75, 3.05) is 18.6 Å². The molecular weight excluding hydrogens is 524 g/mol. The molecule has 4 rings (SSSR count). The van der Waals surface area contributed by atoms with Gasteiger partial charge in [0.25, 0.3) is 5.91 Å². The first-order chi connectivity index (χ1) is 16.9. The minimum atomic E-state index is -0.119. The molecule has 0 saturated carbocycles. The number of hydrogen-bond acceptors (Lipinski definition) is 5. The predicted octanol–water partition coefficient (Wildman–Crippen LogP) is 7.67. The number of amidine groups is 1. The van der Waals surface area contributed by atoms with Crippen LogP contribution in [0.4, 0.5) is 11.4 Å². The van der Waals surface area contributed by atoms with Gasteiger partial charge in [0.05, 0.1) is 34.5 Å². The summed E-state index contributed by atoms with van der Waals surface area (Å²) in [5.74, 6) is 1.15. The fourth-order valence-corrected chi connectivity index (χ4v) is 5.09. The Balaban J connectivity index is 1.74. The van der Waals surface area contributed by atoms with Crippen molar-refractivity contribution in [1.29, 1.82) is 0 Å². The van der Waals surface area contributed by atoms with E-state index in [4.69, 9.17) is 14.5 Å². The van der Waals surface area contributed by atoms with Gasteiger partial charge in [-0.25, -0.2) is 4.99 Å². The van der Waals surface area contributed by atoms with Gasteiger partial charge in [0, 0.05) is 0 Å². The molecule has 5 nitrogen and oxygen atoms in total. The Morgan fingerprint density at radius 2 is 1.69 bits per heavy atom. The molecule has 3 aromatic rings. The average Bonchev–Trinajstić information content (AvgIpc) is 3.14. The van der Waals surface area contributed by atoms with E-state index in [1.165, 1.54) is 11.8 Å². The number of carbonyl (C=O) groups excluding carboxylic acids is 1. The highest BCUT2D eigenvalue weighted by Crippen LogP contribution is 2.40. The number of aliphatic imine (C=N–C) groups is 1. The molecule has 1 amide bonds. The van der Waals surface area contributed by atoms with Crippen molar-refractivity contribution in [2.45, 2.75) is 27.2 Å². The van der Waals surface area contributed by atoms with Crippen molar-refractivity contribution < 1.29 is 14.3 Å². The third-order valence-electron chi connectivity index (χ3n) is 5.36. The molecule has 0 spiro atoms. The number of benzene rings is 3. The molecule has 0 aliphatic carbocycles. The number of hydrogen-bond donors (Lipinski definition) is 0. The van der Waals surface area contributed by atoms with Crippen LogP contribution >= 0.6 is 27.7 Å². The first-order valence-corrected chi connectivity index (χ1v) is 13.0. The molecule has 0 aromatic heterocycles. The number of carbonyl (C=O) groups is 1. The van der Waals surface area contributed by atoms with Crippen molar-refractivity contribution in [1.82, 2.24) is 0 Å². The van der Waals surface area contributed by atoms with Gasteiger partial charge in [-0.1, -0.05) is 42.3 Å². The van der Waals surface area contributed by atoms with Crippen molar-refractivity contribution >= 4 is 56.2 Å². The lowest BCUT2D eigenvalue weighted by Gasteiger charge is -2.16. The summed E-state index contributed by atoms with van der Waals surface area (Å²) in [6, 6.07) is 19.6. The largest absolute Gasteiger partial charge is 0.493 e. The first kappa shape index (κ1) is 25.1. The van der Waals surface area contributed by atoms with E-state index in [0.717, 1.165) is 39.0 Å². The van der Waals surface area contributed by atoms with Gasteiger partial charge in [-0.3, -0.25) is 9.69 Å². The van der Waals surface area contributed by atoms with Gasteiger partial charge in [0.2, 0.25) is 0 Å². The molecule has 0 bridgehead atoms. The van der Waals surface area contributed by atoms with Crippen molar-refractivity contribution in [3.63, 3.8) is 0 Å². The number of methoxy groups -OCH3 is 1. The summed E-state index contributed by atoms with van der Waals surface area (Å²) in [6.07, 6.45) is 2.76. The predicted molar refractivity (Wildman–Crippen MR) is 149 cm³/mol. The maximum Gasteiger partial charge on any atom is 0.271 e. The molecule has 1 aliphatic heterocycles. The topological polar surface area (TPSA) is 51.1 Å². The summed E-state index contributed by atoms with van der Waals surface area (Å²) in [5, 5.41) is 0.614. The summed E-state index contributed by atoms with van der Waals surface area (Å²) in [4.78, 5) is 20.6. The molecule has 1 fully saturated rings. The van der Waals surface area contributed by atoms with Gasteiger partial charge in [-0.2, -0.15) is 0 Å². The van der Waals surface area contributed by atoms with Crippen LogP contribution in [0.2, 0.25) is 0 Å². The molecule has 0 atom stereocenters. The SMILES string of the molecule is CCCOc1c(Br)cc(/C=C2\SC(=Nc3ccc(C)cc3)N(c3ccc(C)cc3)C2=O)cc1OC. The Bertz CT molecular complexity index is 1280. The Hall–Kier alpha value is -3.03. The maximum absolute atomic E-state index is 13.6. The average molecular weight is 552 g/mol. The number of rotatable bonds is 7. The lowest BCUT2D eigenvalue weighted by Crippen LogP contribution is -2.28. The van der Waals surface area contributed by atoms with E-state index < -0.39 is 0 Å². The summed E-state index contributed by atoms with van der Waals surface area (Å²) in [5.41, 5.74) is 4.69. The van der Waals surface area contributed by atoms with E-state index in [2.05, 4.69) is 22.9 Å². The molecule has 3 aromatic carbocycles. The van der Waals surface area contributed by atoms with Gasteiger partial charge in [0.1, 0.15) is 0 Å². The second-order valence-corrected chi connectivity index (χ2v) is 10.1. The van der Waals surface area contributed by atoms with Crippen LogP contribution in [-0.4, -0.2) is 24.8 Å². The Labute approximate surface area is 219 Å². The van der Waals surface area contributed by atoms with Crippen LogP contribution in [0, 0.1) is 13.8 Å². The molecular formula is C28H27BrN2O3S. The fourth-order valence-electron chi connectivity index (χ4n) is 3.52. The summed E-state index contributed by atoms with van der Waals surface area (Å²) < 4.78 is 12.2. The highest BCUT2D eigenvalue weighted by Gasteiger charge is 2.35. The summed E-state index contributed by atoms with van der Waals surface area (Å²) in [7, 11) is 1.61. The van der Waals surface area contributed by atoms with E-state index in [9.17, 15) is 4.79 Å². The number of halogens is 1. The van der Waals surface area contributed by atoms with Crippen LogP contribution < -0.4 is 14.4 Å². The number of amides is 1. The highest BCUT2D eigenvalue weighted by molar-refractivity contribution is 9.10. The Kier molecular flexibility index (Phi) is 7.98. The Morgan fingerprint density at radius 3 is 2.31 bits per heavy atom. The molecule has 1 aliphatic rings. The van der Waals surface area contributed by atoms with E-state index >= 15 is 0 Å². The number of aryl methyl sites for hydroxylation is 2. The number of nitrogens with zero attached hydrogens (tertiary/aromatic N) is 2. The third-order valence-corrected chi connectivity index (χ3v) is 6.92. The third kappa shape index (κ3) is 5.80. The number of anilines is 1. The molecule has 7 heteroatoms. The van der Waals surface area contributed by atoms with Gasteiger partial charge in [-0.15, -0.1) is 0 Å². The van der Waals surface area contributed by atoms with E-state index in [1.807, 2.05) is 80.6 Å². The minimum absolute atomic E-state index is 0.119. The molecule has 35 heavy (non-hydrogen) atoms. The first-order valence-electron chi connectivity index (χ1n) is 11.4. The number of ether oxygens (including phenoxy) is 2. The molecule has 0 unspecified atom stereocenters. The van der Waals surface area contributed by atoms with Gasteiger partial charge in [-0.05, 0) is 96.0 Å². The molecule has 1 saturated heterocycles. The quantitative estimate of drug-likeness (QED) is 0.283. The van der Waals surface area contributed by atoms with Crippen LogP contribution in [0.15, 0.2) is 75.0 Å². The lowest BCUT2D eigenvalue weighted by atomic mass is 10.1. The lowest BCUT2D eigenvalue weighted by molar-refractivity contribution is -0.113. The van der Waals surface area contributed by atoms with Gasteiger partial charge in [0.15, 0.2) is 16.7 Å². The second-order valence-electron chi connectivity index (χ2n) is 8.20. The Morgan fingerprint density at radius 1 is 1.03 bits per heavy atom. The van der Waals surface area contributed by atoms with E-state index in [0.29, 0.717) is 28.2 Å². The van der Waals surface area contributed by atoms with Crippen molar-refractivity contribution in [3.8, 4) is 11.5 Å². The second kappa shape index (κ2) is 11.1. The fraction of sp³-hybridized carbons (Fsp3) is 0.214. The smallest absolute Gasteiger partial charge is 0.271 e. The van der Waals surface area contributed by atoms with E-state index in [1.54, 1.807) is 12.0 Å².